The first-order valence-corrected chi connectivity index (χ1v) is 14.9. The van der Waals surface area contributed by atoms with E-state index in [1.807, 2.05) is 22.9 Å². The zero-order valence-electron chi connectivity index (χ0n) is 22.9. The van der Waals surface area contributed by atoms with Crippen LogP contribution in [0.4, 0.5) is 5.82 Å². The summed E-state index contributed by atoms with van der Waals surface area (Å²) >= 11 is 3.25. The number of fused-ring (bicyclic) bond motifs is 1. The van der Waals surface area contributed by atoms with E-state index in [0.717, 1.165) is 39.2 Å². The minimum atomic E-state index is -0.286. The molecule has 3 aromatic heterocycles. The van der Waals surface area contributed by atoms with E-state index < -0.39 is 0 Å². The van der Waals surface area contributed by atoms with Gasteiger partial charge in [-0.1, -0.05) is 38.5 Å². The van der Waals surface area contributed by atoms with Crippen LogP contribution in [0.15, 0.2) is 59.6 Å². The maximum Gasteiger partial charge on any atom is 0.240 e. The van der Waals surface area contributed by atoms with Gasteiger partial charge in [-0.25, -0.2) is 4.68 Å². The molecule has 0 unspecified atom stereocenters. The summed E-state index contributed by atoms with van der Waals surface area (Å²) in [5.74, 6) is 0.612. The maximum atomic E-state index is 13.8. The summed E-state index contributed by atoms with van der Waals surface area (Å²) in [6, 6.07) is 12.1. The number of carbonyl (C=O) groups excluding carboxylic acids is 2. The van der Waals surface area contributed by atoms with E-state index in [9.17, 15) is 9.59 Å². The third kappa shape index (κ3) is 5.65. The first-order valence-electron chi connectivity index (χ1n) is 12.9. The van der Waals surface area contributed by atoms with E-state index in [0.29, 0.717) is 12.4 Å². The summed E-state index contributed by atoms with van der Waals surface area (Å²) in [6.45, 7) is 10.8. The molecule has 0 bridgehead atoms. The zero-order chi connectivity index (χ0) is 27.7. The summed E-state index contributed by atoms with van der Waals surface area (Å²) in [5.41, 5.74) is 6.85. The third-order valence-corrected chi connectivity index (χ3v) is 8.72. The van der Waals surface area contributed by atoms with Crippen molar-refractivity contribution in [1.82, 2.24) is 20.1 Å². The fourth-order valence-corrected chi connectivity index (χ4v) is 6.83. The van der Waals surface area contributed by atoms with Crippen LogP contribution < -0.4 is 10.2 Å². The minimum Gasteiger partial charge on any atom is -0.350 e. The van der Waals surface area contributed by atoms with Crippen LogP contribution in [0, 0.1) is 13.8 Å². The van der Waals surface area contributed by atoms with E-state index in [-0.39, 0.29) is 34.8 Å². The number of pyridine rings is 1. The van der Waals surface area contributed by atoms with Crippen molar-refractivity contribution in [1.29, 1.82) is 0 Å². The molecule has 0 saturated heterocycles. The van der Waals surface area contributed by atoms with Crippen molar-refractivity contribution in [3.8, 4) is 5.69 Å². The second kappa shape index (κ2) is 11.0. The molecule has 1 N–H and O–H groups in total. The van der Waals surface area contributed by atoms with Crippen molar-refractivity contribution >= 4 is 40.7 Å². The largest absolute Gasteiger partial charge is 0.350 e. The van der Waals surface area contributed by atoms with Gasteiger partial charge in [0.15, 0.2) is 0 Å². The number of amides is 2. The number of benzene rings is 1. The molecular weight excluding hydrogens is 526 g/mol. The van der Waals surface area contributed by atoms with Crippen LogP contribution in [-0.4, -0.2) is 38.9 Å². The Bertz CT molecular complexity index is 1490. The molecule has 4 aromatic rings. The van der Waals surface area contributed by atoms with Gasteiger partial charge < -0.3 is 5.32 Å². The summed E-state index contributed by atoms with van der Waals surface area (Å²) in [7, 11) is 0. The van der Waals surface area contributed by atoms with Crippen molar-refractivity contribution < 1.29 is 9.59 Å². The van der Waals surface area contributed by atoms with Crippen molar-refractivity contribution in [2.24, 2.45) is 0 Å². The number of rotatable bonds is 6. The van der Waals surface area contributed by atoms with Gasteiger partial charge in [-0.15, -0.1) is 11.8 Å². The Morgan fingerprint density at radius 1 is 1.13 bits per heavy atom. The fraction of sp³-hybridized carbons (Fsp3) is 0.333. The van der Waals surface area contributed by atoms with Crippen molar-refractivity contribution in [2.45, 2.75) is 51.8 Å². The highest BCUT2D eigenvalue weighted by Crippen LogP contribution is 2.48. The highest BCUT2D eigenvalue weighted by atomic mass is 32.2. The smallest absolute Gasteiger partial charge is 0.240 e. The lowest BCUT2D eigenvalue weighted by atomic mass is 9.87. The second-order valence-corrected chi connectivity index (χ2v) is 12.8. The van der Waals surface area contributed by atoms with Gasteiger partial charge in [-0.2, -0.15) is 16.4 Å². The Labute approximate surface area is 237 Å². The van der Waals surface area contributed by atoms with Crippen LogP contribution in [0.3, 0.4) is 0 Å². The van der Waals surface area contributed by atoms with Gasteiger partial charge in [0.25, 0.3) is 0 Å². The first kappa shape index (κ1) is 27.1. The standard InChI is InChI=1S/C30H33N5O2S2/c1-19-6-7-23(20(2)14-19)35-29-26(28(33-35)30(3,4)5)27(22-10-13-38-17-22)39-18-25(37)34(29)16-24(36)32-15-21-8-11-31-12-9-21/h6-14,17,27H,15-16,18H2,1-5H3,(H,32,36)/t27-/m0/s1. The molecule has 1 aromatic carbocycles. The predicted molar refractivity (Wildman–Crippen MR) is 159 cm³/mol. The van der Waals surface area contributed by atoms with Crippen LogP contribution in [0.25, 0.3) is 5.69 Å². The van der Waals surface area contributed by atoms with Crippen molar-refractivity contribution in [3.05, 3.63) is 93.1 Å². The van der Waals surface area contributed by atoms with E-state index in [1.54, 1.807) is 40.4 Å². The number of thiophene rings is 1. The molecule has 0 radical (unpaired) electrons. The van der Waals surface area contributed by atoms with Gasteiger partial charge in [0.1, 0.15) is 12.4 Å². The minimum absolute atomic E-state index is 0.0752. The molecule has 7 nitrogen and oxygen atoms in total. The average Bonchev–Trinajstić information content (AvgIpc) is 3.53. The highest BCUT2D eigenvalue weighted by Gasteiger charge is 2.40. The second-order valence-electron chi connectivity index (χ2n) is 10.9. The average molecular weight is 560 g/mol. The van der Waals surface area contributed by atoms with Gasteiger partial charge in [-0.05, 0) is 65.6 Å². The molecule has 39 heavy (non-hydrogen) atoms. The summed E-state index contributed by atoms with van der Waals surface area (Å²) < 4.78 is 1.89. The predicted octanol–water partition coefficient (Wildman–Crippen LogP) is 5.73. The Kier molecular flexibility index (Phi) is 7.64. The number of hydrogen-bond donors (Lipinski definition) is 1. The van der Waals surface area contributed by atoms with E-state index in [4.69, 9.17) is 5.10 Å². The highest BCUT2D eigenvalue weighted by molar-refractivity contribution is 8.00. The van der Waals surface area contributed by atoms with Crippen LogP contribution in [-0.2, 0) is 21.5 Å². The summed E-state index contributed by atoms with van der Waals surface area (Å²) in [4.78, 5) is 32.7. The van der Waals surface area contributed by atoms with Gasteiger partial charge in [-0.3, -0.25) is 19.5 Å². The van der Waals surface area contributed by atoms with Gasteiger partial charge in [0, 0.05) is 29.9 Å². The van der Waals surface area contributed by atoms with E-state index >= 15 is 0 Å². The quantitative estimate of drug-likeness (QED) is 0.326. The fourth-order valence-electron chi connectivity index (χ4n) is 4.87. The summed E-state index contributed by atoms with van der Waals surface area (Å²) in [5, 5.41) is 12.3. The normalized spacial score (nSPS) is 15.7. The lowest BCUT2D eigenvalue weighted by molar-refractivity contribution is -0.123. The van der Waals surface area contributed by atoms with Gasteiger partial charge >= 0.3 is 0 Å². The van der Waals surface area contributed by atoms with Gasteiger partial charge in [0.2, 0.25) is 11.8 Å². The van der Waals surface area contributed by atoms with Gasteiger partial charge in [0.05, 0.1) is 22.4 Å². The molecule has 202 valence electrons. The van der Waals surface area contributed by atoms with Crippen LogP contribution >= 0.6 is 23.1 Å². The van der Waals surface area contributed by atoms with E-state index in [1.165, 1.54) is 0 Å². The maximum absolute atomic E-state index is 13.8. The Morgan fingerprint density at radius 2 is 1.90 bits per heavy atom. The zero-order valence-corrected chi connectivity index (χ0v) is 24.5. The molecule has 5 rings (SSSR count). The molecule has 0 spiro atoms. The number of anilines is 1. The Morgan fingerprint density at radius 3 is 2.56 bits per heavy atom. The molecule has 9 heteroatoms. The SMILES string of the molecule is Cc1ccc(-n2nc(C(C)(C)C)c3c2N(CC(=O)NCc2ccncc2)C(=O)CS[C@H]3c2ccsc2)c(C)c1. The third-order valence-electron chi connectivity index (χ3n) is 6.77. The molecule has 0 aliphatic carbocycles. The molecule has 0 fully saturated rings. The van der Waals surface area contributed by atoms with E-state index in [2.05, 4.69) is 73.9 Å². The number of aromatic nitrogens is 3. The lowest BCUT2D eigenvalue weighted by Gasteiger charge is -2.24. The molecular formula is C30H33N5O2S2. The van der Waals surface area contributed by atoms with Crippen LogP contribution in [0.2, 0.25) is 0 Å². The van der Waals surface area contributed by atoms with Crippen LogP contribution in [0.5, 0.6) is 0 Å². The summed E-state index contributed by atoms with van der Waals surface area (Å²) in [6.07, 6.45) is 3.40. The Balaban J connectivity index is 1.65. The number of thioether (sulfide) groups is 1. The monoisotopic (exact) mass is 559 g/mol. The van der Waals surface area contributed by atoms with Crippen molar-refractivity contribution in [3.63, 3.8) is 0 Å². The number of hydrogen-bond acceptors (Lipinski definition) is 6. The number of nitrogens with zero attached hydrogens (tertiary/aromatic N) is 4. The number of nitrogens with one attached hydrogen (secondary N) is 1. The molecule has 4 heterocycles. The Hall–Kier alpha value is -3.43. The molecule has 1 aliphatic rings. The van der Waals surface area contributed by atoms with Crippen molar-refractivity contribution in [2.75, 3.05) is 17.2 Å². The topological polar surface area (TPSA) is 80.1 Å². The first-order chi connectivity index (χ1) is 18.6. The van der Waals surface area contributed by atoms with Crippen LogP contribution in [0.1, 0.15) is 59.5 Å². The number of carbonyl (C=O) groups is 2. The molecule has 0 saturated carbocycles. The lowest BCUT2D eigenvalue weighted by Crippen LogP contribution is -2.42. The molecule has 1 atom stereocenters. The molecule has 2 amide bonds. The molecule has 1 aliphatic heterocycles. The number of aryl methyl sites for hydroxylation is 2.